The van der Waals surface area contributed by atoms with Crippen molar-refractivity contribution in [3.63, 3.8) is 0 Å². The molecule has 0 saturated carbocycles. The number of benzene rings is 3. The van der Waals surface area contributed by atoms with E-state index in [1.165, 1.54) is 30.7 Å². The minimum absolute atomic E-state index is 0.00273. The highest BCUT2D eigenvalue weighted by Gasteiger charge is 2.15. The van der Waals surface area contributed by atoms with Gasteiger partial charge in [-0.1, -0.05) is 36.4 Å². The number of carbonyl (C=O) groups is 2. The van der Waals surface area contributed by atoms with Gasteiger partial charge >= 0.3 is 0 Å². The number of amides is 1. The highest BCUT2D eigenvalue weighted by atomic mass is 19.1. The number of nitrogens with one attached hydrogen (secondary N) is 2. The van der Waals surface area contributed by atoms with E-state index in [0.29, 0.717) is 28.7 Å². The number of ketones is 1. The van der Waals surface area contributed by atoms with E-state index in [2.05, 4.69) is 25.6 Å². The van der Waals surface area contributed by atoms with Crippen molar-refractivity contribution in [2.45, 2.75) is 19.8 Å². The smallest absolute Gasteiger partial charge is 0.256 e. The predicted molar refractivity (Wildman–Crippen MR) is 146 cm³/mol. The van der Waals surface area contributed by atoms with Gasteiger partial charge in [0.2, 0.25) is 5.95 Å². The molecular formula is C30H23F2N5O3. The van der Waals surface area contributed by atoms with Crippen molar-refractivity contribution < 1.29 is 22.8 Å². The summed E-state index contributed by atoms with van der Waals surface area (Å²) in [6.45, 7) is -1.64. The quantitative estimate of drug-likeness (QED) is 0.195. The van der Waals surface area contributed by atoms with E-state index >= 15 is 0 Å². The maximum absolute atomic E-state index is 13.4. The summed E-state index contributed by atoms with van der Waals surface area (Å²) >= 11 is 0. The van der Waals surface area contributed by atoms with E-state index in [1.807, 2.05) is 24.3 Å². The molecule has 0 aliphatic carbocycles. The van der Waals surface area contributed by atoms with Crippen molar-refractivity contribution in [2.75, 3.05) is 10.6 Å². The molecule has 8 nitrogen and oxygen atoms in total. The summed E-state index contributed by atoms with van der Waals surface area (Å²) in [7, 11) is 0. The molecule has 2 aromatic heterocycles. The zero-order chi connectivity index (χ0) is 27.9. The number of rotatable bonds is 10. The Labute approximate surface area is 228 Å². The highest BCUT2D eigenvalue weighted by Crippen LogP contribution is 2.24. The van der Waals surface area contributed by atoms with Crippen LogP contribution in [0.25, 0.3) is 11.3 Å². The van der Waals surface area contributed by atoms with Crippen LogP contribution in [0.1, 0.15) is 37.5 Å². The van der Waals surface area contributed by atoms with Crippen molar-refractivity contribution in [3.05, 3.63) is 120 Å². The fourth-order valence-electron chi connectivity index (χ4n) is 4.06. The summed E-state index contributed by atoms with van der Waals surface area (Å²) in [5.41, 5.74) is 3.23. The van der Waals surface area contributed by atoms with Gasteiger partial charge in [0.05, 0.1) is 18.3 Å². The van der Waals surface area contributed by atoms with Crippen LogP contribution in [0.2, 0.25) is 0 Å². The van der Waals surface area contributed by atoms with Gasteiger partial charge in [0.1, 0.15) is 13.3 Å². The lowest BCUT2D eigenvalue weighted by atomic mass is 10.0. The Morgan fingerprint density at radius 3 is 2.55 bits per heavy atom. The lowest BCUT2D eigenvalue weighted by molar-refractivity contribution is 0.0988. The maximum Gasteiger partial charge on any atom is 0.256 e. The zero-order valence-corrected chi connectivity index (χ0v) is 21.1. The van der Waals surface area contributed by atoms with Crippen LogP contribution in [0.3, 0.4) is 0 Å². The van der Waals surface area contributed by atoms with Gasteiger partial charge in [0.15, 0.2) is 17.9 Å². The van der Waals surface area contributed by atoms with Gasteiger partial charge in [-0.05, 0) is 47.5 Å². The van der Waals surface area contributed by atoms with Crippen molar-refractivity contribution in [3.8, 4) is 11.3 Å². The number of alkyl halides is 2. The summed E-state index contributed by atoms with van der Waals surface area (Å²) < 4.78 is 31.8. The molecule has 0 saturated heterocycles. The Hall–Kier alpha value is -5.25. The van der Waals surface area contributed by atoms with Gasteiger partial charge in [0.25, 0.3) is 5.91 Å². The molecule has 40 heavy (non-hydrogen) atoms. The Kier molecular flexibility index (Phi) is 7.96. The van der Waals surface area contributed by atoms with Gasteiger partial charge < -0.3 is 15.1 Å². The van der Waals surface area contributed by atoms with Crippen LogP contribution in [-0.2, 0) is 19.8 Å². The number of aromatic nitrogens is 3. The average molecular weight is 540 g/mol. The number of hydrogen-bond acceptors (Lipinski definition) is 7. The monoisotopic (exact) mass is 539 g/mol. The molecule has 1 amide bonds. The number of Topliss-reactive ketones (excluding diaryl/α,β-unsaturated/α-hetero) is 1. The first kappa shape index (κ1) is 26.4. The fraction of sp³-hybridized carbons (Fsp3) is 0.100. The minimum Gasteiger partial charge on any atom is -0.444 e. The molecule has 3 aromatic carbocycles. The summed E-state index contributed by atoms with van der Waals surface area (Å²) in [6, 6.07) is 19.7. The highest BCUT2D eigenvalue weighted by molar-refractivity contribution is 6.06. The Morgan fingerprint density at radius 1 is 0.900 bits per heavy atom. The molecule has 0 fully saturated rings. The number of oxazole rings is 1. The third-order valence-corrected chi connectivity index (χ3v) is 6.05. The van der Waals surface area contributed by atoms with Crippen LogP contribution >= 0.6 is 0 Å². The first-order chi connectivity index (χ1) is 19.5. The minimum atomic E-state index is -0.865. The van der Waals surface area contributed by atoms with Gasteiger partial charge in [-0.15, -0.1) is 0 Å². The van der Waals surface area contributed by atoms with Gasteiger partial charge in [-0.2, -0.15) is 0 Å². The Bertz CT molecular complexity index is 1660. The molecule has 200 valence electrons. The molecule has 0 spiro atoms. The molecule has 0 aliphatic heterocycles. The van der Waals surface area contributed by atoms with Crippen LogP contribution in [0.5, 0.6) is 0 Å². The normalized spacial score (nSPS) is 10.8. The molecular weight excluding hydrogens is 516 g/mol. The van der Waals surface area contributed by atoms with Crippen molar-refractivity contribution in [1.82, 2.24) is 15.0 Å². The third kappa shape index (κ3) is 6.24. The standard InChI is InChI=1S/C30H23F2N5O3/c31-15-19-7-8-22(16-32)26(11-19)29(39)35-23-5-1-3-20(12-23)27(38)14-25-9-10-34-30(37-25)36-24-6-2-4-21(13-24)28-17-33-18-40-28/h1-13,17-18H,14-16H2,(H,35,39)(H,34,36,37). The van der Waals surface area contributed by atoms with Crippen LogP contribution in [0.4, 0.5) is 26.1 Å². The van der Waals surface area contributed by atoms with Gasteiger partial charge in [0, 0.05) is 34.3 Å². The molecule has 0 aliphatic rings. The van der Waals surface area contributed by atoms with Gasteiger partial charge in [-0.25, -0.2) is 23.7 Å². The Balaban J connectivity index is 1.27. The van der Waals surface area contributed by atoms with Crippen molar-refractivity contribution in [2.24, 2.45) is 0 Å². The second-order valence-electron chi connectivity index (χ2n) is 8.84. The van der Waals surface area contributed by atoms with Crippen LogP contribution in [0.15, 0.2) is 96.0 Å². The summed E-state index contributed by atoms with van der Waals surface area (Å²) in [4.78, 5) is 38.5. The summed E-state index contributed by atoms with van der Waals surface area (Å²) in [5.74, 6) is 0.127. The van der Waals surface area contributed by atoms with E-state index in [-0.39, 0.29) is 28.9 Å². The molecule has 2 N–H and O–H groups in total. The summed E-state index contributed by atoms with van der Waals surface area (Å²) in [5, 5.41) is 5.80. The average Bonchev–Trinajstić information content (AvgIpc) is 3.53. The third-order valence-electron chi connectivity index (χ3n) is 6.05. The largest absolute Gasteiger partial charge is 0.444 e. The van der Waals surface area contributed by atoms with E-state index in [0.717, 1.165) is 11.3 Å². The lowest BCUT2D eigenvalue weighted by Crippen LogP contribution is -2.15. The first-order valence-electron chi connectivity index (χ1n) is 12.3. The zero-order valence-electron chi connectivity index (χ0n) is 21.1. The lowest BCUT2D eigenvalue weighted by Gasteiger charge is -2.11. The van der Waals surface area contributed by atoms with E-state index in [1.54, 1.807) is 36.7 Å². The number of anilines is 3. The molecule has 5 aromatic rings. The molecule has 5 rings (SSSR count). The van der Waals surface area contributed by atoms with E-state index in [4.69, 9.17) is 4.42 Å². The van der Waals surface area contributed by atoms with Crippen LogP contribution in [-0.4, -0.2) is 26.6 Å². The van der Waals surface area contributed by atoms with Crippen LogP contribution in [0, 0.1) is 0 Å². The van der Waals surface area contributed by atoms with E-state index in [9.17, 15) is 18.4 Å². The SMILES string of the molecule is O=C(Cc1ccnc(Nc2cccc(-c3cnco3)c2)n1)c1cccc(NC(=O)c2cc(CF)ccc2CF)c1. The van der Waals surface area contributed by atoms with Crippen molar-refractivity contribution in [1.29, 1.82) is 0 Å². The first-order valence-corrected chi connectivity index (χ1v) is 12.3. The molecule has 2 heterocycles. The number of nitrogens with zero attached hydrogens (tertiary/aromatic N) is 3. The second kappa shape index (κ2) is 12.1. The topological polar surface area (TPSA) is 110 Å². The molecule has 10 heteroatoms. The predicted octanol–water partition coefficient (Wildman–Crippen LogP) is 6.49. The fourth-order valence-corrected chi connectivity index (χ4v) is 4.06. The molecule has 0 unspecified atom stereocenters. The number of halogens is 2. The Morgan fingerprint density at radius 2 is 1.75 bits per heavy atom. The maximum atomic E-state index is 13.4. The van der Waals surface area contributed by atoms with Gasteiger partial charge in [-0.3, -0.25) is 9.59 Å². The number of carbonyl (C=O) groups excluding carboxylic acids is 2. The summed E-state index contributed by atoms with van der Waals surface area (Å²) in [6.07, 6.45) is 4.53. The van der Waals surface area contributed by atoms with Crippen molar-refractivity contribution >= 4 is 29.0 Å². The number of hydrogen-bond donors (Lipinski definition) is 2. The van der Waals surface area contributed by atoms with E-state index < -0.39 is 19.3 Å². The van der Waals surface area contributed by atoms with Crippen LogP contribution < -0.4 is 10.6 Å². The molecule has 0 atom stereocenters. The second-order valence-corrected chi connectivity index (χ2v) is 8.84. The molecule has 0 bridgehead atoms. The molecule has 0 radical (unpaired) electrons.